The molecule has 0 radical (unpaired) electrons. The van der Waals surface area contributed by atoms with Crippen molar-refractivity contribution in [2.24, 2.45) is 0 Å². The second kappa shape index (κ2) is 4.37. The largest absolute Gasteiger partial charge is 0.821 e. The van der Waals surface area contributed by atoms with Gasteiger partial charge in [0.15, 0.2) is 5.78 Å². The van der Waals surface area contributed by atoms with Crippen LogP contribution in [-0.4, -0.2) is 46.9 Å². The van der Waals surface area contributed by atoms with Crippen LogP contribution in [0.15, 0.2) is 22.9 Å². The number of likely N-dealkylation sites (N-methyl/N-ethyl adjacent to an activating group) is 1. The van der Waals surface area contributed by atoms with Crippen LogP contribution in [0.5, 0.6) is 0 Å². The highest BCUT2D eigenvalue weighted by Gasteiger charge is 2.31. The molecular weight excluding hydrogens is 210 g/mol. The van der Waals surface area contributed by atoms with Crippen molar-refractivity contribution in [2.45, 2.75) is 19.6 Å². The van der Waals surface area contributed by atoms with Gasteiger partial charge in [-0.2, -0.15) is 0 Å². The summed E-state index contributed by atoms with van der Waals surface area (Å²) in [4.78, 5) is 12.9. The molecular formula is C11H16NO4-. The van der Waals surface area contributed by atoms with E-state index in [1.54, 1.807) is 7.05 Å². The molecule has 0 spiro atoms. The van der Waals surface area contributed by atoms with Crippen LogP contribution in [0.3, 0.4) is 0 Å². The van der Waals surface area contributed by atoms with E-state index in [4.69, 9.17) is 5.11 Å². The first kappa shape index (κ1) is 12.9. The lowest BCUT2D eigenvalue weighted by Crippen LogP contribution is -2.53. The fourth-order valence-electron chi connectivity index (χ4n) is 1.60. The highest BCUT2D eigenvalue weighted by molar-refractivity contribution is 6.06. The zero-order chi connectivity index (χ0) is 12.5. The lowest BCUT2D eigenvalue weighted by atomic mass is 9.90. The molecule has 0 saturated carbocycles. The van der Waals surface area contributed by atoms with Crippen LogP contribution < -0.4 is 5.11 Å². The van der Waals surface area contributed by atoms with E-state index in [9.17, 15) is 15.0 Å². The van der Waals surface area contributed by atoms with Gasteiger partial charge in [0.05, 0.1) is 12.4 Å². The van der Waals surface area contributed by atoms with Crippen molar-refractivity contribution >= 4 is 5.78 Å². The highest BCUT2D eigenvalue weighted by atomic mass is 16.5. The normalized spacial score (nSPS) is 25.9. The molecule has 0 fully saturated rings. The molecule has 2 N–H and O–H groups in total. The Bertz CT molecular complexity index is 368. The van der Waals surface area contributed by atoms with Crippen LogP contribution in [0.25, 0.3) is 0 Å². The SMILES string of the molecule is CC1=C(C)C([O-])(O)C(N(C)CCO)=CC1=O. The van der Waals surface area contributed by atoms with Gasteiger partial charge >= 0.3 is 0 Å². The van der Waals surface area contributed by atoms with Gasteiger partial charge in [-0.3, -0.25) is 4.79 Å². The summed E-state index contributed by atoms with van der Waals surface area (Å²) < 4.78 is 0. The van der Waals surface area contributed by atoms with Crippen molar-refractivity contribution in [3.63, 3.8) is 0 Å². The van der Waals surface area contributed by atoms with Crippen molar-refractivity contribution in [1.82, 2.24) is 4.90 Å². The Hall–Kier alpha value is -1.17. The van der Waals surface area contributed by atoms with E-state index in [2.05, 4.69) is 0 Å². The van der Waals surface area contributed by atoms with Gasteiger partial charge in [0.2, 0.25) is 0 Å². The van der Waals surface area contributed by atoms with Crippen LogP contribution >= 0.6 is 0 Å². The maximum absolute atomic E-state index is 12.0. The molecule has 1 rings (SSSR count). The molecule has 0 aromatic carbocycles. The summed E-state index contributed by atoms with van der Waals surface area (Å²) >= 11 is 0. The number of nitrogens with zero attached hydrogens (tertiary/aromatic N) is 1. The summed E-state index contributed by atoms with van der Waals surface area (Å²) in [6.07, 6.45) is 1.13. The summed E-state index contributed by atoms with van der Waals surface area (Å²) in [5.74, 6) is -2.67. The minimum absolute atomic E-state index is 0.0188. The highest BCUT2D eigenvalue weighted by Crippen LogP contribution is 2.29. The second-order valence-electron chi connectivity index (χ2n) is 3.93. The minimum atomic E-state index is -2.39. The van der Waals surface area contributed by atoms with Crippen LogP contribution in [-0.2, 0) is 4.79 Å². The Morgan fingerprint density at radius 1 is 1.50 bits per heavy atom. The molecule has 1 aliphatic carbocycles. The number of carbonyl (C=O) groups is 1. The van der Waals surface area contributed by atoms with Crippen LogP contribution in [0.2, 0.25) is 0 Å². The smallest absolute Gasteiger partial charge is 0.183 e. The van der Waals surface area contributed by atoms with Crippen LogP contribution in [0.4, 0.5) is 0 Å². The summed E-state index contributed by atoms with van der Waals surface area (Å²) in [6.45, 7) is 3.00. The molecule has 5 nitrogen and oxygen atoms in total. The molecule has 1 atom stereocenters. The topological polar surface area (TPSA) is 83.8 Å². The number of carbonyl (C=O) groups excluding carboxylic acids is 1. The van der Waals surface area contributed by atoms with Crippen molar-refractivity contribution in [2.75, 3.05) is 20.2 Å². The van der Waals surface area contributed by atoms with Crippen LogP contribution in [0.1, 0.15) is 13.8 Å². The van der Waals surface area contributed by atoms with Crippen molar-refractivity contribution in [3.05, 3.63) is 22.9 Å². The molecule has 0 amide bonds. The maximum atomic E-state index is 12.0. The van der Waals surface area contributed by atoms with E-state index in [0.29, 0.717) is 0 Å². The molecule has 5 heteroatoms. The second-order valence-corrected chi connectivity index (χ2v) is 3.93. The summed E-state index contributed by atoms with van der Waals surface area (Å²) in [5, 5.41) is 30.6. The predicted octanol–water partition coefficient (Wildman–Crippen LogP) is -1.24. The summed E-state index contributed by atoms with van der Waals surface area (Å²) in [7, 11) is 1.55. The quantitative estimate of drug-likeness (QED) is 0.588. The fourth-order valence-corrected chi connectivity index (χ4v) is 1.60. The van der Waals surface area contributed by atoms with Gasteiger partial charge in [-0.1, -0.05) is 0 Å². The molecule has 90 valence electrons. The standard InChI is InChI=1S/C11H16NO4/c1-7-8(2)11(15,16)10(6-9(7)14)12(3)4-5-13/h6,13,15H,4-5H2,1-3H3/q-1. The number of allylic oxidation sites excluding steroid dienone is 2. The Morgan fingerprint density at radius 3 is 2.56 bits per heavy atom. The molecule has 1 aliphatic rings. The lowest BCUT2D eigenvalue weighted by molar-refractivity contribution is -0.519. The first-order chi connectivity index (χ1) is 7.32. The van der Waals surface area contributed by atoms with E-state index in [1.165, 1.54) is 18.7 Å². The first-order valence-electron chi connectivity index (χ1n) is 5.01. The monoisotopic (exact) mass is 226 g/mol. The molecule has 0 aliphatic heterocycles. The van der Waals surface area contributed by atoms with Gasteiger partial charge in [0.1, 0.15) is 0 Å². The molecule has 0 saturated heterocycles. The predicted molar refractivity (Wildman–Crippen MR) is 56.1 cm³/mol. The van der Waals surface area contributed by atoms with E-state index in [1.807, 2.05) is 0 Å². The lowest BCUT2D eigenvalue weighted by Gasteiger charge is -2.45. The van der Waals surface area contributed by atoms with Gasteiger partial charge in [0.25, 0.3) is 0 Å². The first-order valence-corrected chi connectivity index (χ1v) is 5.01. The molecule has 0 heterocycles. The molecule has 16 heavy (non-hydrogen) atoms. The van der Waals surface area contributed by atoms with Gasteiger partial charge in [-0.15, -0.1) is 0 Å². The third-order valence-electron chi connectivity index (χ3n) is 2.90. The Balaban J connectivity index is 3.12. The van der Waals surface area contributed by atoms with E-state index >= 15 is 0 Å². The van der Waals surface area contributed by atoms with Crippen LogP contribution in [0, 0.1) is 0 Å². The zero-order valence-electron chi connectivity index (χ0n) is 9.65. The molecule has 1 unspecified atom stereocenters. The number of rotatable bonds is 3. The Labute approximate surface area is 94.3 Å². The molecule has 0 aromatic heterocycles. The number of hydrogen-bond donors (Lipinski definition) is 2. The maximum Gasteiger partial charge on any atom is 0.183 e. The fraction of sp³-hybridized carbons (Fsp3) is 0.545. The van der Waals surface area contributed by atoms with E-state index in [-0.39, 0.29) is 35.8 Å². The minimum Gasteiger partial charge on any atom is -0.821 e. The van der Waals surface area contributed by atoms with Gasteiger partial charge in [0, 0.05) is 25.4 Å². The summed E-state index contributed by atoms with van der Waals surface area (Å²) in [5.41, 5.74) is 0.369. The average molecular weight is 226 g/mol. The van der Waals surface area contributed by atoms with Crippen molar-refractivity contribution in [1.29, 1.82) is 0 Å². The number of ketones is 1. The van der Waals surface area contributed by atoms with Gasteiger partial charge < -0.3 is 20.2 Å². The third-order valence-corrected chi connectivity index (χ3v) is 2.90. The number of aliphatic hydroxyl groups excluding tert-OH is 1. The number of hydrogen-bond acceptors (Lipinski definition) is 5. The Morgan fingerprint density at radius 2 is 2.06 bits per heavy atom. The van der Waals surface area contributed by atoms with Crippen molar-refractivity contribution in [3.8, 4) is 0 Å². The third kappa shape index (κ3) is 2.02. The van der Waals surface area contributed by atoms with E-state index < -0.39 is 5.79 Å². The number of aliphatic hydroxyl groups is 2. The molecule has 0 aromatic rings. The molecule has 0 bridgehead atoms. The van der Waals surface area contributed by atoms with Gasteiger partial charge in [-0.05, 0) is 25.0 Å². The summed E-state index contributed by atoms with van der Waals surface area (Å²) in [6, 6.07) is 0. The van der Waals surface area contributed by atoms with Gasteiger partial charge in [-0.25, -0.2) is 0 Å². The average Bonchev–Trinajstić information content (AvgIpc) is 2.21. The Kier molecular flexibility index (Phi) is 3.52. The van der Waals surface area contributed by atoms with Crippen molar-refractivity contribution < 1.29 is 20.1 Å². The van der Waals surface area contributed by atoms with E-state index in [0.717, 1.165) is 6.08 Å². The zero-order valence-corrected chi connectivity index (χ0v) is 9.65.